The van der Waals surface area contributed by atoms with Crippen LogP contribution >= 0.6 is 15.9 Å². The van der Waals surface area contributed by atoms with E-state index in [-0.39, 0.29) is 4.47 Å². The van der Waals surface area contributed by atoms with Crippen LogP contribution in [0.3, 0.4) is 0 Å². The van der Waals surface area contributed by atoms with Crippen LogP contribution in [0, 0.1) is 0 Å². The largest absolute Gasteiger partial charge is 0.417 e. The van der Waals surface area contributed by atoms with Gasteiger partial charge < -0.3 is 9.47 Å². The maximum Gasteiger partial charge on any atom is 0.417 e. The van der Waals surface area contributed by atoms with Crippen molar-refractivity contribution in [3.05, 3.63) is 33.8 Å². The van der Waals surface area contributed by atoms with Crippen LogP contribution < -0.4 is 0 Å². The molecule has 0 unspecified atom stereocenters. The predicted octanol–water partition coefficient (Wildman–Crippen LogP) is 3.51. The first kappa shape index (κ1) is 11.9. The Morgan fingerprint density at radius 1 is 1.19 bits per heavy atom. The summed E-state index contributed by atoms with van der Waals surface area (Å²) in [7, 11) is 0. The van der Waals surface area contributed by atoms with Crippen molar-refractivity contribution in [2.24, 2.45) is 0 Å². The Morgan fingerprint density at radius 2 is 1.81 bits per heavy atom. The molecular weight excluding hydrogens is 289 g/mol. The molecule has 2 nitrogen and oxygen atoms in total. The molecule has 1 fully saturated rings. The van der Waals surface area contributed by atoms with E-state index >= 15 is 0 Å². The van der Waals surface area contributed by atoms with Gasteiger partial charge in [-0.1, -0.05) is 22.0 Å². The predicted molar refractivity (Wildman–Crippen MR) is 53.8 cm³/mol. The molecule has 1 aliphatic heterocycles. The van der Waals surface area contributed by atoms with Gasteiger partial charge >= 0.3 is 6.18 Å². The second kappa shape index (κ2) is 4.35. The van der Waals surface area contributed by atoms with Crippen LogP contribution in [0.5, 0.6) is 0 Å². The Balaban J connectivity index is 2.35. The van der Waals surface area contributed by atoms with Crippen LogP contribution in [-0.2, 0) is 15.7 Å². The van der Waals surface area contributed by atoms with Crippen LogP contribution in [-0.4, -0.2) is 13.2 Å². The zero-order valence-corrected chi connectivity index (χ0v) is 9.64. The molecule has 0 N–H and O–H groups in total. The SMILES string of the molecule is FC(F)(F)c1cc(C2OCCO2)ccc1Br. The van der Waals surface area contributed by atoms with Crippen molar-refractivity contribution in [1.29, 1.82) is 0 Å². The number of rotatable bonds is 1. The number of halogens is 4. The Hall–Kier alpha value is -0.590. The lowest BCUT2D eigenvalue weighted by molar-refractivity contribution is -0.138. The number of hydrogen-bond donors (Lipinski definition) is 0. The van der Waals surface area contributed by atoms with Gasteiger partial charge in [0.15, 0.2) is 6.29 Å². The average Bonchev–Trinajstić information content (AvgIpc) is 2.69. The number of ether oxygens (including phenoxy) is 2. The number of alkyl halides is 3. The maximum atomic E-state index is 12.6. The van der Waals surface area contributed by atoms with Gasteiger partial charge in [0.25, 0.3) is 0 Å². The molecule has 0 amide bonds. The molecule has 6 heteroatoms. The van der Waals surface area contributed by atoms with E-state index in [4.69, 9.17) is 9.47 Å². The van der Waals surface area contributed by atoms with Crippen molar-refractivity contribution < 1.29 is 22.6 Å². The zero-order valence-electron chi connectivity index (χ0n) is 8.05. The summed E-state index contributed by atoms with van der Waals surface area (Å²) < 4.78 is 48.1. The van der Waals surface area contributed by atoms with Crippen LogP contribution in [0.1, 0.15) is 17.4 Å². The minimum absolute atomic E-state index is 0.0155. The standard InChI is InChI=1S/C10H8BrF3O2/c11-8-2-1-6(9-15-3-4-16-9)5-7(8)10(12,13)14/h1-2,5,9H,3-4H2. The summed E-state index contributed by atoms with van der Waals surface area (Å²) in [4.78, 5) is 0. The lowest BCUT2D eigenvalue weighted by Crippen LogP contribution is -2.08. The number of hydrogen-bond acceptors (Lipinski definition) is 2. The van der Waals surface area contributed by atoms with E-state index in [1.807, 2.05) is 0 Å². The van der Waals surface area contributed by atoms with Crippen LogP contribution in [0.4, 0.5) is 13.2 Å². The molecule has 16 heavy (non-hydrogen) atoms. The second-order valence-electron chi connectivity index (χ2n) is 3.31. The summed E-state index contributed by atoms with van der Waals surface area (Å²) in [5.41, 5.74) is -0.336. The van der Waals surface area contributed by atoms with Gasteiger partial charge in [0.05, 0.1) is 18.8 Å². The average molecular weight is 297 g/mol. The molecule has 0 bridgehead atoms. The first-order valence-electron chi connectivity index (χ1n) is 4.58. The third-order valence-electron chi connectivity index (χ3n) is 2.19. The molecule has 0 atom stereocenters. The van der Waals surface area contributed by atoms with Gasteiger partial charge in [-0.15, -0.1) is 0 Å². The lowest BCUT2D eigenvalue weighted by Gasteiger charge is -2.14. The van der Waals surface area contributed by atoms with Gasteiger partial charge in [0.2, 0.25) is 0 Å². The lowest BCUT2D eigenvalue weighted by atomic mass is 10.1. The summed E-state index contributed by atoms with van der Waals surface area (Å²) >= 11 is 2.87. The Labute approximate surface area is 98.5 Å². The van der Waals surface area contributed by atoms with Gasteiger partial charge in [0, 0.05) is 10.0 Å². The van der Waals surface area contributed by atoms with Gasteiger partial charge in [-0.05, 0) is 12.1 Å². The fourth-order valence-corrected chi connectivity index (χ4v) is 1.93. The van der Waals surface area contributed by atoms with Gasteiger partial charge in [-0.3, -0.25) is 0 Å². The molecule has 0 saturated carbocycles. The first-order chi connectivity index (χ1) is 7.48. The molecule has 0 radical (unpaired) electrons. The fourth-order valence-electron chi connectivity index (χ4n) is 1.46. The fraction of sp³-hybridized carbons (Fsp3) is 0.400. The smallest absolute Gasteiger partial charge is 0.346 e. The molecule has 1 heterocycles. The molecule has 88 valence electrons. The van der Waals surface area contributed by atoms with E-state index < -0.39 is 18.0 Å². The molecular formula is C10H8BrF3O2. The van der Waals surface area contributed by atoms with Crippen LogP contribution in [0.15, 0.2) is 22.7 Å². The van der Waals surface area contributed by atoms with Gasteiger partial charge in [-0.2, -0.15) is 13.2 Å². The maximum absolute atomic E-state index is 12.6. The third kappa shape index (κ3) is 2.39. The monoisotopic (exact) mass is 296 g/mol. The normalized spacial score (nSPS) is 18.0. The molecule has 2 rings (SSSR count). The van der Waals surface area contributed by atoms with Gasteiger partial charge in [0.1, 0.15) is 0 Å². The van der Waals surface area contributed by atoms with Crippen LogP contribution in [0.25, 0.3) is 0 Å². The van der Waals surface area contributed by atoms with Crippen molar-refractivity contribution in [2.45, 2.75) is 12.5 Å². The summed E-state index contributed by atoms with van der Waals surface area (Å²) in [6, 6.07) is 3.94. The molecule has 0 aromatic heterocycles. The highest BCUT2D eigenvalue weighted by atomic mass is 79.9. The van der Waals surface area contributed by atoms with Crippen molar-refractivity contribution in [3.8, 4) is 0 Å². The molecule has 0 spiro atoms. The molecule has 1 aromatic rings. The van der Waals surface area contributed by atoms with E-state index in [2.05, 4.69) is 15.9 Å². The van der Waals surface area contributed by atoms with Gasteiger partial charge in [-0.25, -0.2) is 0 Å². The van der Waals surface area contributed by atoms with E-state index in [0.29, 0.717) is 18.8 Å². The third-order valence-corrected chi connectivity index (χ3v) is 2.88. The van der Waals surface area contributed by atoms with Crippen LogP contribution in [0.2, 0.25) is 0 Å². The van der Waals surface area contributed by atoms with E-state index in [0.717, 1.165) is 6.07 Å². The first-order valence-corrected chi connectivity index (χ1v) is 5.37. The molecule has 1 aliphatic rings. The summed E-state index contributed by atoms with van der Waals surface area (Å²) in [5, 5.41) is 0. The molecule has 1 saturated heterocycles. The molecule has 0 aliphatic carbocycles. The minimum Gasteiger partial charge on any atom is -0.346 e. The van der Waals surface area contributed by atoms with Crippen molar-refractivity contribution in [1.82, 2.24) is 0 Å². The van der Waals surface area contributed by atoms with E-state index in [1.54, 1.807) is 6.07 Å². The zero-order chi connectivity index (χ0) is 11.8. The van der Waals surface area contributed by atoms with Crippen molar-refractivity contribution in [2.75, 3.05) is 13.2 Å². The van der Waals surface area contributed by atoms with E-state index in [1.165, 1.54) is 6.07 Å². The quantitative estimate of drug-likeness (QED) is 0.789. The Bertz CT molecular complexity index is 386. The minimum atomic E-state index is -4.38. The Morgan fingerprint density at radius 3 is 2.38 bits per heavy atom. The summed E-state index contributed by atoms with van der Waals surface area (Å²) in [6.45, 7) is 0.810. The molecule has 1 aromatic carbocycles. The van der Waals surface area contributed by atoms with E-state index in [9.17, 15) is 13.2 Å². The highest BCUT2D eigenvalue weighted by molar-refractivity contribution is 9.10. The summed E-state index contributed by atoms with van der Waals surface area (Å²) in [6.07, 6.45) is -5.07. The number of benzene rings is 1. The summed E-state index contributed by atoms with van der Waals surface area (Å²) in [5.74, 6) is 0. The topological polar surface area (TPSA) is 18.5 Å². The van der Waals surface area contributed by atoms with Crippen molar-refractivity contribution >= 4 is 15.9 Å². The second-order valence-corrected chi connectivity index (χ2v) is 4.16. The Kier molecular flexibility index (Phi) is 3.23. The van der Waals surface area contributed by atoms with Crippen molar-refractivity contribution in [3.63, 3.8) is 0 Å². The highest BCUT2D eigenvalue weighted by Crippen LogP contribution is 2.37. The highest BCUT2D eigenvalue weighted by Gasteiger charge is 2.34.